The molecule has 0 aliphatic carbocycles. The van der Waals surface area contributed by atoms with Gasteiger partial charge in [-0.1, -0.05) is 0 Å². The van der Waals surface area contributed by atoms with Gasteiger partial charge in [-0.2, -0.15) is 0 Å². The lowest BCUT2D eigenvalue weighted by Gasteiger charge is -2.28. The van der Waals surface area contributed by atoms with Crippen LogP contribution < -0.4 is 0 Å². The summed E-state index contributed by atoms with van der Waals surface area (Å²) in [6.45, 7) is 0.550. The maximum absolute atomic E-state index is 12.6. The number of carbonyl (C=O) groups is 2. The van der Waals surface area contributed by atoms with Crippen LogP contribution in [-0.2, 0) is 11.3 Å². The van der Waals surface area contributed by atoms with Crippen molar-refractivity contribution in [1.82, 2.24) is 9.80 Å². The second-order valence-electron chi connectivity index (χ2n) is 5.78. The van der Waals surface area contributed by atoms with Crippen LogP contribution in [0.5, 0.6) is 0 Å². The van der Waals surface area contributed by atoms with Gasteiger partial charge in [0.1, 0.15) is 0 Å². The van der Waals surface area contributed by atoms with Gasteiger partial charge in [0.15, 0.2) is 0 Å². The number of amides is 2. The minimum absolute atomic E-state index is 0.0476. The fourth-order valence-electron chi connectivity index (χ4n) is 3.52. The summed E-state index contributed by atoms with van der Waals surface area (Å²) >= 11 is 5.01. The van der Waals surface area contributed by atoms with E-state index < -0.39 is 11.9 Å². The van der Waals surface area contributed by atoms with Crippen LogP contribution in [0.4, 0.5) is 4.79 Å². The van der Waals surface area contributed by atoms with Gasteiger partial charge in [-0.15, -0.1) is 11.3 Å². The van der Waals surface area contributed by atoms with Crippen LogP contribution in [0.1, 0.15) is 24.8 Å². The summed E-state index contributed by atoms with van der Waals surface area (Å²) in [5, 5.41) is 11.3. The van der Waals surface area contributed by atoms with Gasteiger partial charge in [0.2, 0.25) is 0 Å². The Bertz CT molecular complexity index is 576. The van der Waals surface area contributed by atoms with Crippen LogP contribution in [0.25, 0.3) is 0 Å². The summed E-state index contributed by atoms with van der Waals surface area (Å²) in [5.41, 5.74) is 1.09. The van der Waals surface area contributed by atoms with Gasteiger partial charge in [0.25, 0.3) is 0 Å². The lowest BCUT2D eigenvalue weighted by Crippen LogP contribution is -2.44. The standard InChI is InChI=1S/C14H17BrN2O3S/c1-16(6-8-4-12(15)21-7-8)14(20)17-9-2-3-11(17)10(5-9)13(18)19/h4,7,9-11H,2-3,5-6H2,1H3,(H,18,19). The van der Waals surface area contributed by atoms with Crippen molar-refractivity contribution in [3.63, 3.8) is 0 Å². The molecule has 0 saturated carbocycles. The number of thiophene rings is 1. The molecule has 1 N–H and O–H groups in total. The third kappa shape index (κ3) is 2.68. The van der Waals surface area contributed by atoms with E-state index in [-0.39, 0.29) is 18.1 Å². The van der Waals surface area contributed by atoms with Crippen molar-refractivity contribution in [2.24, 2.45) is 5.92 Å². The van der Waals surface area contributed by atoms with Crippen LogP contribution >= 0.6 is 27.3 Å². The van der Waals surface area contributed by atoms with Gasteiger partial charge in [0.05, 0.1) is 9.70 Å². The Labute approximate surface area is 135 Å². The maximum Gasteiger partial charge on any atom is 0.320 e. The summed E-state index contributed by atoms with van der Waals surface area (Å²) < 4.78 is 1.05. The lowest BCUT2D eigenvalue weighted by atomic mass is 9.89. The van der Waals surface area contributed by atoms with E-state index in [2.05, 4.69) is 15.9 Å². The first-order valence-corrected chi connectivity index (χ1v) is 8.63. The highest BCUT2D eigenvalue weighted by molar-refractivity contribution is 9.11. The van der Waals surface area contributed by atoms with Crippen LogP contribution in [0.2, 0.25) is 0 Å². The van der Waals surface area contributed by atoms with Crippen molar-refractivity contribution in [3.05, 3.63) is 20.8 Å². The molecule has 2 amide bonds. The SMILES string of the molecule is CN(Cc1csc(Br)c1)C(=O)N1C2CCC1C(C(=O)O)C2. The summed E-state index contributed by atoms with van der Waals surface area (Å²) in [4.78, 5) is 27.4. The monoisotopic (exact) mass is 372 g/mol. The van der Waals surface area contributed by atoms with Gasteiger partial charge >= 0.3 is 12.0 Å². The molecule has 0 spiro atoms. The van der Waals surface area contributed by atoms with E-state index in [4.69, 9.17) is 0 Å². The highest BCUT2D eigenvalue weighted by Gasteiger charge is 2.51. The van der Waals surface area contributed by atoms with E-state index in [0.717, 1.165) is 22.2 Å². The Hall–Kier alpha value is -1.08. The van der Waals surface area contributed by atoms with Gasteiger partial charge in [0, 0.05) is 25.7 Å². The average molecular weight is 373 g/mol. The van der Waals surface area contributed by atoms with Gasteiger partial charge in [-0.25, -0.2) is 4.79 Å². The molecule has 2 bridgehead atoms. The molecule has 2 aliphatic heterocycles. The Morgan fingerprint density at radius 1 is 1.52 bits per heavy atom. The number of rotatable bonds is 3. The summed E-state index contributed by atoms with van der Waals surface area (Å²) in [6.07, 6.45) is 2.34. The van der Waals surface area contributed by atoms with E-state index in [9.17, 15) is 14.7 Å². The first-order valence-electron chi connectivity index (χ1n) is 6.96. The molecular weight excluding hydrogens is 356 g/mol. The highest BCUT2D eigenvalue weighted by Crippen LogP contribution is 2.42. The van der Waals surface area contributed by atoms with E-state index in [1.807, 2.05) is 11.4 Å². The molecule has 0 aromatic carbocycles. The second kappa shape index (κ2) is 5.61. The fourth-order valence-corrected chi connectivity index (χ4v) is 4.72. The molecule has 1 aromatic rings. The minimum atomic E-state index is -0.774. The minimum Gasteiger partial charge on any atom is -0.481 e. The molecule has 3 heterocycles. The third-order valence-corrected chi connectivity index (χ3v) is 6.00. The first-order chi connectivity index (χ1) is 9.97. The number of nitrogens with zero attached hydrogens (tertiary/aromatic N) is 2. The number of fused-ring (bicyclic) bond motifs is 2. The number of carboxylic acids is 1. The van der Waals surface area contributed by atoms with E-state index in [1.165, 1.54) is 0 Å². The zero-order chi connectivity index (χ0) is 15.1. The van der Waals surface area contributed by atoms with Crippen molar-refractivity contribution in [2.75, 3.05) is 7.05 Å². The molecule has 3 rings (SSSR count). The van der Waals surface area contributed by atoms with E-state index in [0.29, 0.717) is 13.0 Å². The number of aliphatic carboxylic acids is 1. The second-order valence-corrected chi connectivity index (χ2v) is 8.07. The van der Waals surface area contributed by atoms with E-state index in [1.54, 1.807) is 28.2 Å². The average Bonchev–Trinajstić information content (AvgIpc) is 3.12. The van der Waals surface area contributed by atoms with Crippen molar-refractivity contribution >= 4 is 39.3 Å². The van der Waals surface area contributed by atoms with Gasteiger partial charge in [-0.3, -0.25) is 4.79 Å². The van der Waals surface area contributed by atoms with Crippen molar-refractivity contribution < 1.29 is 14.7 Å². The van der Waals surface area contributed by atoms with Crippen molar-refractivity contribution in [3.8, 4) is 0 Å². The van der Waals surface area contributed by atoms with Gasteiger partial charge < -0.3 is 14.9 Å². The molecule has 2 fully saturated rings. The maximum atomic E-state index is 12.6. The first kappa shape index (κ1) is 14.8. The smallest absolute Gasteiger partial charge is 0.320 e. The molecule has 2 saturated heterocycles. The van der Waals surface area contributed by atoms with Crippen molar-refractivity contribution in [1.29, 1.82) is 0 Å². The molecule has 114 valence electrons. The van der Waals surface area contributed by atoms with Crippen LogP contribution in [-0.4, -0.2) is 46.0 Å². The molecule has 0 radical (unpaired) electrons. The number of carboxylic acid groups (broad SMARTS) is 1. The Morgan fingerprint density at radius 3 is 2.86 bits per heavy atom. The number of halogens is 1. The summed E-state index contributed by atoms with van der Waals surface area (Å²) in [6, 6.07) is 1.93. The molecule has 1 aromatic heterocycles. The van der Waals surface area contributed by atoms with Gasteiger partial charge in [-0.05, 0) is 52.2 Å². The third-order valence-electron chi connectivity index (χ3n) is 4.44. The molecule has 3 atom stereocenters. The fraction of sp³-hybridized carbons (Fsp3) is 0.571. The zero-order valence-electron chi connectivity index (χ0n) is 11.7. The Balaban J connectivity index is 1.69. The summed E-state index contributed by atoms with van der Waals surface area (Å²) in [5.74, 6) is -1.17. The largest absolute Gasteiger partial charge is 0.481 e. The molecule has 7 heteroatoms. The number of urea groups is 1. The Kier molecular flexibility index (Phi) is 3.96. The topological polar surface area (TPSA) is 60.9 Å². The highest BCUT2D eigenvalue weighted by atomic mass is 79.9. The number of hydrogen-bond donors (Lipinski definition) is 1. The van der Waals surface area contributed by atoms with E-state index >= 15 is 0 Å². The summed E-state index contributed by atoms with van der Waals surface area (Å²) in [7, 11) is 1.78. The molecule has 21 heavy (non-hydrogen) atoms. The van der Waals surface area contributed by atoms with Crippen molar-refractivity contribution in [2.45, 2.75) is 37.9 Å². The predicted molar refractivity (Wildman–Crippen MR) is 83.3 cm³/mol. The zero-order valence-corrected chi connectivity index (χ0v) is 14.1. The normalized spacial score (nSPS) is 27.1. The predicted octanol–water partition coefficient (Wildman–Crippen LogP) is 3.00. The quantitative estimate of drug-likeness (QED) is 0.886. The van der Waals surface area contributed by atoms with Crippen LogP contribution in [0.15, 0.2) is 15.2 Å². The molecule has 5 nitrogen and oxygen atoms in total. The lowest BCUT2D eigenvalue weighted by molar-refractivity contribution is -0.142. The molecule has 3 unspecified atom stereocenters. The number of hydrogen-bond acceptors (Lipinski definition) is 3. The Morgan fingerprint density at radius 2 is 2.29 bits per heavy atom. The molecule has 2 aliphatic rings. The number of carbonyl (C=O) groups excluding carboxylic acids is 1. The molecular formula is C14H17BrN2O3S. The van der Waals surface area contributed by atoms with Crippen LogP contribution in [0, 0.1) is 5.92 Å². The van der Waals surface area contributed by atoms with Crippen LogP contribution in [0.3, 0.4) is 0 Å².